The third-order valence-electron chi connectivity index (χ3n) is 3.22. The van der Waals surface area contributed by atoms with Crippen molar-refractivity contribution in [1.29, 1.82) is 0 Å². The van der Waals surface area contributed by atoms with Crippen LogP contribution in [0.15, 0.2) is 23.3 Å². The van der Waals surface area contributed by atoms with Crippen LogP contribution in [0.4, 0.5) is 0 Å². The summed E-state index contributed by atoms with van der Waals surface area (Å²) in [4.78, 5) is 2.23. The second kappa shape index (κ2) is 11.6. The van der Waals surface area contributed by atoms with Gasteiger partial charge in [-0.1, -0.05) is 49.4 Å². The predicted molar refractivity (Wildman–Crippen MR) is 87.1 cm³/mol. The third-order valence-corrected chi connectivity index (χ3v) is 3.22. The SMILES string of the molecule is BC/C(=C/CCCCC)CC/C=C(/C)CN(C)C. The highest BCUT2D eigenvalue weighted by Gasteiger charge is 1.95. The Labute approximate surface area is 116 Å². The molecule has 104 valence electrons. The molecule has 0 saturated carbocycles. The highest BCUT2D eigenvalue weighted by Crippen LogP contribution is 2.13. The van der Waals surface area contributed by atoms with Crippen LogP contribution in [0.1, 0.15) is 52.4 Å². The maximum absolute atomic E-state index is 2.48. The predicted octanol–water partition coefficient (Wildman–Crippen LogP) is 3.83. The van der Waals surface area contributed by atoms with Gasteiger partial charge in [0.2, 0.25) is 0 Å². The maximum Gasteiger partial charge on any atom is 0.106 e. The molecule has 0 saturated heterocycles. The molecular formula is C16H32BN. The lowest BCUT2D eigenvalue weighted by atomic mass is 9.92. The molecule has 0 aliphatic carbocycles. The summed E-state index contributed by atoms with van der Waals surface area (Å²) in [6.07, 6.45) is 13.9. The van der Waals surface area contributed by atoms with E-state index in [1.165, 1.54) is 50.4 Å². The monoisotopic (exact) mass is 249 g/mol. The minimum atomic E-state index is 1.08. The maximum atomic E-state index is 2.48. The Bertz CT molecular complexity index is 254. The van der Waals surface area contributed by atoms with Gasteiger partial charge in [-0.25, -0.2) is 0 Å². The van der Waals surface area contributed by atoms with Gasteiger partial charge in [0.05, 0.1) is 0 Å². The Balaban J connectivity index is 3.92. The van der Waals surface area contributed by atoms with Crippen LogP contribution in [-0.2, 0) is 0 Å². The summed E-state index contributed by atoms with van der Waals surface area (Å²) in [5.41, 5.74) is 3.13. The van der Waals surface area contributed by atoms with Gasteiger partial charge in [-0.05, 0) is 46.7 Å². The zero-order valence-corrected chi connectivity index (χ0v) is 13.3. The minimum absolute atomic E-state index is 1.08. The summed E-state index contributed by atoms with van der Waals surface area (Å²) in [6, 6.07) is 0. The molecule has 0 aromatic rings. The van der Waals surface area contributed by atoms with Crippen molar-refractivity contribution in [3.05, 3.63) is 23.3 Å². The summed E-state index contributed by atoms with van der Waals surface area (Å²) in [5, 5.41) is 0. The van der Waals surface area contributed by atoms with Gasteiger partial charge < -0.3 is 4.90 Å². The number of likely N-dealkylation sites (N-methyl/N-ethyl adjacent to an activating group) is 1. The topological polar surface area (TPSA) is 3.24 Å². The molecule has 0 radical (unpaired) electrons. The molecule has 0 bridgehead atoms. The fraction of sp³-hybridized carbons (Fsp3) is 0.750. The van der Waals surface area contributed by atoms with Crippen LogP contribution < -0.4 is 0 Å². The van der Waals surface area contributed by atoms with Gasteiger partial charge in [0, 0.05) is 6.54 Å². The van der Waals surface area contributed by atoms with Crippen LogP contribution in [0.2, 0.25) is 6.32 Å². The lowest BCUT2D eigenvalue weighted by Gasteiger charge is -2.10. The van der Waals surface area contributed by atoms with Gasteiger partial charge in [0.25, 0.3) is 0 Å². The van der Waals surface area contributed by atoms with Crippen molar-refractivity contribution in [3.63, 3.8) is 0 Å². The van der Waals surface area contributed by atoms with E-state index in [0.717, 1.165) is 6.54 Å². The number of rotatable bonds is 10. The average Bonchev–Trinajstić information content (AvgIpc) is 2.31. The summed E-state index contributed by atoms with van der Waals surface area (Å²) in [7, 11) is 6.53. The molecule has 0 aromatic heterocycles. The highest BCUT2D eigenvalue weighted by molar-refractivity contribution is 6.10. The first-order valence-corrected chi connectivity index (χ1v) is 7.58. The van der Waals surface area contributed by atoms with E-state index in [2.05, 4.69) is 52.8 Å². The number of allylic oxidation sites excluding steroid dienone is 3. The van der Waals surface area contributed by atoms with Crippen LogP contribution in [0.25, 0.3) is 0 Å². The molecule has 0 amide bonds. The van der Waals surface area contributed by atoms with E-state index in [-0.39, 0.29) is 0 Å². The standard InChI is InChI=1S/C16H32BN/c1-5-6-7-8-11-16(13-17)12-9-10-15(2)14-18(3)4/h10-11H,5-9,12-14,17H2,1-4H3/b15-10-,16-11+. The molecule has 0 fully saturated rings. The first kappa shape index (κ1) is 17.5. The minimum Gasteiger partial charge on any atom is -0.305 e. The smallest absolute Gasteiger partial charge is 0.106 e. The van der Waals surface area contributed by atoms with Crippen molar-refractivity contribution in [3.8, 4) is 0 Å². The van der Waals surface area contributed by atoms with Crippen LogP contribution in [0.3, 0.4) is 0 Å². The second-order valence-electron chi connectivity index (χ2n) is 5.54. The van der Waals surface area contributed by atoms with Crippen molar-refractivity contribution in [2.75, 3.05) is 20.6 Å². The van der Waals surface area contributed by atoms with Crippen molar-refractivity contribution >= 4 is 7.85 Å². The van der Waals surface area contributed by atoms with Gasteiger partial charge in [-0.2, -0.15) is 0 Å². The third kappa shape index (κ3) is 10.6. The van der Waals surface area contributed by atoms with Crippen molar-refractivity contribution < 1.29 is 0 Å². The van der Waals surface area contributed by atoms with Gasteiger partial charge in [-0.15, -0.1) is 0 Å². The first-order chi connectivity index (χ1) is 8.60. The molecule has 2 heteroatoms. The van der Waals surface area contributed by atoms with Crippen molar-refractivity contribution in [1.82, 2.24) is 4.90 Å². The Hall–Kier alpha value is -0.495. The lowest BCUT2D eigenvalue weighted by molar-refractivity contribution is 0.444. The number of nitrogens with zero attached hydrogens (tertiary/aromatic N) is 1. The van der Waals surface area contributed by atoms with E-state index in [9.17, 15) is 0 Å². The van der Waals surface area contributed by atoms with Crippen LogP contribution >= 0.6 is 0 Å². The molecule has 0 aliphatic rings. The fourth-order valence-corrected chi connectivity index (χ4v) is 2.19. The van der Waals surface area contributed by atoms with Gasteiger partial charge in [0.15, 0.2) is 0 Å². The Morgan fingerprint density at radius 1 is 1.11 bits per heavy atom. The van der Waals surface area contributed by atoms with E-state index < -0.39 is 0 Å². The van der Waals surface area contributed by atoms with Crippen LogP contribution in [0.5, 0.6) is 0 Å². The summed E-state index contributed by atoms with van der Waals surface area (Å²) in [5.74, 6) is 0. The Morgan fingerprint density at radius 2 is 1.83 bits per heavy atom. The molecule has 0 atom stereocenters. The average molecular weight is 249 g/mol. The molecule has 0 rings (SSSR count). The number of hydrogen-bond donors (Lipinski definition) is 0. The lowest BCUT2D eigenvalue weighted by Crippen LogP contribution is -2.13. The van der Waals surface area contributed by atoms with E-state index in [4.69, 9.17) is 0 Å². The van der Waals surface area contributed by atoms with E-state index >= 15 is 0 Å². The molecule has 18 heavy (non-hydrogen) atoms. The summed E-state index contributed by atoms with van der Waals surface area (Å²) >= 11 is 0. The Morgan fingerprint density at radius 3 is 2.39 bits per heavy atom. The molecule has 0 N–H and O–H groups in total. The van der Waals surface area contributed by atoms with E-state index in [0.29, 0.717) is 0 Å². The Kier molecular flexibility index (Phi) is 11.3. The zero-order valence-electron chi connectivity index (χ0n) is 13.3. The van der Waals surface area contributed by atoms with Gasteiger partial charge in [0.1, 0.15) is 7.85 Å². The van der Waals surface area contributed by atoms with Gasteiger partial charge in [-0.3, -0.25) is 0 Å². The summed E-state index contributed by atoms with van der Waals surface area (Å²) in [6.45, 7) is 5.58. The second-order valence-corrected chi connectivity index (χ2v) is 5.54. The van der Waals surface area contributed by atoms with Crippen LogP contribution in [-0.4, -0.2) is 33.4 Å². The molecular weight excluding hydrogens is 217 g/mol. The quantitative estimate of drug-likeness (QED) is 0.323. The van der Waals surface area contributed by atoms with E-state index in [1.54, 1.807) is 5.57 Å². The molecule has 0 spiro atoms. The first-order valence-electron chi connectivity index (χ1n) is 7.58. The van der Waals surface area contributed by atoms with E-state index in [1.807, 2.05) is 0 Å². The number of hydrogen-bond acceptors (Lipinski definition) is 1. The largest absolute Gasteiger partial charge is 0.305 e. The van der Waals surface area contributed by atoms with Crippen molar-refractivity contribution in [2.24, 2.45) is 0 Å². The molecule has 1 nitrogen and oxygen atoms in total. The zero-order chi connectivity index (χ0) is 13.8. The van der Waals surface area contributed by atoms with Crippen LogP contribution in [0, 0.1) is 0 Å². The highest BCUT2D eigenvalue weighted by atomic mass is 15.0. The number of unbranched alkanes of at least 4 members (excludes halogenated alkanes) is 3. The normalized spacial score (nSPS) is 13.4. The summed E-state index contributed by atoms with van der Waals surface area (Å²) < 4.78 is 0. The molecule has 0 unspecified atom stereocenters. The molecule has 0 aromatic carbocycles. The molecule has 0 aliphatic heterocycles. The van der Waals surface area contributed by atoms with Crippen molar-refractivity contribution in [2.45, 2.75) is 58.7 Å². The fourth-order valence-electron chi connectivity index (χ4n) is 2.19. The van der Waals surface area contributed by atoms with Gasteiger partial charge >= 0.3 is 0 Å². The molecule has 0 heterocycles.